The van der Waals surface area contributed by atoms with E-state index >= 15 is 0 Å². The van der Waals surface area contributed by atoms with E-state index in [0.29, 0.717) is 41.8 Å². The molecule has 0 radical (unpaired) electrons. The second kappa shape index (κ2) is 10.4. The van der Waals surface area contributed by atoms with Gasteiger partial charge in [-0.25, -0.2) is 9.98 Å². The first kappa shape index (κ1) is 25.1. The highest BCUT2D eigenvalue weighted by Crippen LogP contribution is 2.27. The van der Waals surface area contributed by atoms with Gasteiger partial charge in [-0.05, 0) is 68.0 Å². The van der Waals surface area contributed by atoms with E-state index in [0.717, 1.165) is 22.7 Å². The van der Waals surface area contributed by atoms with E-state index in [9.17, 15) is 13.2 Å². The summed E-state index contributed by atoms with van der Waals surface area (Å²) in [4.78, 5) is 8.89. The van der Waals surface area contributed by atoms with Crippen LogP contribution in [0.2, 0.25) is 0 Å². The van der Waals surface area contributed by atoms with Crippen molar-refractivity contribution >= 4 is 17.4 Å². The highest BCUT2D eigenvalue weighted by molar-refractivity contribution is 5.97. The first-order valence-corrected chi connectivity index (χ1v) is 11.7. The molecule has 1 N–H and O–H groups in total. The number of benzene rings is 1. The molecule has 0 unspecified atom stereocenters. The van der Waals surface area contributed by atoms with Gasteiger partial charge in [0.25, 0.3) is 0 Å². The Morgan fingerprint density at radius 1 is 1.08 bits per heavy atom. The van der Waals surface area contributed by atoms with Crippen LogP contribution in [0.3, 0.4) is 0 Å². The predicted octanol–water partition coefficient (Wildman–Crippen LogP) is 5.26. The number of halogens is 3. The maximum absolute atomic E-state index is 12.4. The fourth-order valence-corrected chi connectivity index (χ4v) is 3.82. The average Bonchev–Trinajstić information content (AvgIpc) is 3.47. The van der Waals surface area contributed by atoms with Gasteiger partial charge in [0.2, 0.25) is 5.90 Å². The lowest BCUT2D eigenvalue weighted by Crippen LogP contribution is -2.17. The molecule has 0 amide bonds. The number of ether oxygens (including phenoxy) is 2. The molecule has 0 spiro atoms. The molecule has 1 aliphatic rings. The first-order valence-electron chi connectivity index (χ1n) is 11.7. The fourth-order valence-electron chi connectivity index (χ4n) is 3.82. The number of pyridine rings is 1. The number of nitrogens with zero attached hydrogens (tertiary/aromatic N) is 5. The van der Waals surface area contributed by atoms with Crippen LogP contribution in [0.4, 0.5) is 19.0 Å². The molecule has 1 aromatic carbocycles. The van der Waals surface area contributed by atoms with Crippen molar-refractivity contribution in [3.05, 3.63) is 94.8 Å². The van der Waals surface area contributed by atoms with Crippen LogP contribution >= 0.6 is 0 Å². The van der Waals surface area contributed by atoms with Crippen molar-refractivity contribution in [3.8, 4) is 5.75 Å². The molecular formula is C26H23F3N6O3. The number of alkyl halides is 3. The Hall–Kier alpha value is -4.61. The fraction of sp³-hybridized carbons (Fsp3) is 0.231. The lowest BCUT2D eigenvalue weighted by molar-refractivity contribution is -0.274. The molecule has 0 aliphatic carbocycles. The summed E-state index contributed by atoms with van der Waals surface area (Å²) in [6.45, 7) is 5.02. The molecule has 1 aliphatic heterocycles. The summed E-state index contributed by atoms with van der Waals surface area (Å²) >= 11 is 0. The molecule has 4 aromatic rings. The lowest BCUT2D eigenvalue weighted by Gasteiger charge is -2.14. The van der Waals surface area contributed by atoms with Gasteiger partial charge in [-0.15, -0.1) is 13.2 Å². The first-order chi connectivity index (χ1) is 18.2. The van der Waals surface area contributed by atoms with Crippen molar-refractivity contribution in [2.75, 3.05) is 11.9 Å². The predicted molar refractivity (Wildman–Crippen MR) is 132 cm³/mol. The summed E-state index contributed by atoms with van der Waals surface area (Å²) in [6.07, 6.45) is -1.27. The average molecular weight is 525 g/mol. The van der Waals surface area contributed by atoms with Gasteiger partial charge in [-0.3, -0.25) is 4.68 Å². The Morgan fingerprint density at radius 3 is 2.63 bits per heavy atom. The summed E-state index contributed by atoms with van der Waals surface area (Å²) in [5.74, 6) is 1.45. The second-order valence-electron chi connectivity index (χ2n) is 8.56. The summed E-state index contributed by atoms with van der Waals surface area (Å²) in [7, 11) is 0. The molecule has 0 fully saturated rings. The van der Waals surface area contributed by atoms with E-state index in [2.05, 4.69) is 30.3 Å². The Morgan fingerprint density at radius 2 is 1.89 bits per heavy atom. The highest BCUT2D eigenvalue weighted by atomic mass is 19.4. The van der Waals surface area contributed by atoms with Gasteiger partial charge in [0, 0.05) is 23.5 Å². The Kier molecular flexibility index (Phi) is 6.86. The molecule has 4 heterocycles. The van der Waals surface area contributed by atoms with Gasteiger partial charge < -0.3 is 19.3 Å². The number of aliphatic imine (C=N–C) groups is 1. The normalized spacial score (nSPS) is 13.5. The number of nitrogens with one attached hydrogen (secondary N) is 1. The number of hydrogen-bond donors (Lipinski definition) is 1. The molecule has 0 bridgehead atoms. The van der Waals surface area contributed by atoms with Crippen LogP contribution in [-0.4, -0.2) is 38.8 Å². The summed E-state index contributed by atoms with van der Waals surface area (Å²) in [5.41, 5.74) is 4.47. The SMILES string of the molecule is Cc1cc(CNc2cc(Cn3nc(C4=NC(c5ccc(OC(F)(F)F)cc5)=CCO4)cc3C)ccn2)on1. The monoisotopic (exact) mass is 524 g/mol. The molecule has 12 heteroatoms. The van der Waals surface area contributed by atoms with Crippen molar-refractivity contribution in [1.29, 1.82) is 0 Å². The van der Waals surface area contributed by atoms with Crippen molar-refractivity contribution in [2.24, 2.45) is 4.99 Å². The number of hydrogen-bond acceptors (Lipinski definition) is 8. The lowest BCUT2D eigenvalue weighted by atomic mass is 10.1. The van der Waals surface area contributed by atoms with E-state index in [1.807, 2.05) is 42.8 Å². The van der Waals surface area contributed by atoms with Gasteiger partial charge in [-0.1, -0.05) is 5.16 Å². The van der Waals surface area contributed by atoms with Crippen LogP contribution in [0, 0.1) is 13.8 Å². The number of anilines is 1. The second-order valence-corrected chi connectivity index (χ2v) is 8.56. The topological polar surface area (TPSA) is 99.6 Å². The molecule has 196 valence electrons. The van der Waals surface area contributed by atoms with Gasteiger partial charge >= 0.3 is 6.36 Å². The Balaban J connectivity index is 1.27. The smallest absolute Gasteiger partial charge is 0.472 e. The van der Waals surface area contributed by atoms with E-state index in [4.69, 9.17) is 9.26 Å². The van der Waals surface area contributed by atoms with E-state index in [1.165, 1.54) is 24.3 Å². The molecule has 3 aromatic heterocycles. The van der Waals surface area contributed by atoms with Crippen molar-refractivity contribution in [1.82, 2.24) is 19.9 Å². The summed E-state index contributed by atoms with van der Waals surface area (Å²) in [6, 6.07) is 13.1. The minimum atomic E-state index is -4.74. The zero-order valence-electron chi connectivity index (χ0n) is 20.5. The maximum atomic E-state index is 12.4. The third kappa shape index (κ3) is 6.20. The third-order valence-corrected chi connectivity index (χ3v) is 5.58. The zero-order chi connectivity index (χ0) is 26.7. The van der Waals surface area contributed by atoms with Crippen molar-refractivity contribution in [3.63, 3.8) is 0 Å². The van der Waals surface area contributed by atoms with Crippen LogP contribution < -0.4 is 10.1 Å². The largest absolute Gasteiger partial charge is 0.573 e. The maximum Gasteiger partial charge on any atom is 0.573 e. The number of aryl methyl sites for hydroxylation is 2. The van der Waals surface area contributed by atoms with E-state index in [1.54, 1.807) is 12.3 Å². The minimum absolute atomic E-state index is 0.255. The van der Waals surface area contributed by atoms with Gasteiger partial charge in [0.05, 0.1) is 24.5 Å². The molecular weight excluding hydrogens is 501 g/mol. The number of rotatable bonds is 8. The molecule has 0 saturated heterocycles. The number of aromatic nitrogens is 4. The molecule has 38 heavy (non-hydrogen) atoms. The van der Waals surface area contributed by atoms with Crippen LogP contribution in [0.15, 0.2) is 70.3 Å². The highest BCUT2D eigenvalue weighted by Gasteiger charge is 2.31. The van der Waals surface area contributed by atoms with Crippen LogP contribution in [0.25, 0.3) is 5.70 Å². The summed E-state index contributed by atoms with van der Waals surface area (Å²) in [5, 5.41) is 11.8. The standard InChI is InChI=1S/C26H23F3N6O3/c1-16-11-21(38-34-16)14-31-24-13-18(7-9-30-24)15-35-17(2)12-23(33-35)25-32-22(8-10-36-25)19-3-5-20(6-4-19)37-26(27,28)29/h3-9,11-13H,10,14-15H2,1-2H3,(H,30,31). The van der Waals surface area contributed by atoms with Crippen LogP contribution in [-0.2, 0) is 17.8 Å². The zero-order valence-corrected chi connectivity index (χ0v) is 20.5. The van der Waals surface area contributed by atoms with Crippen molar-refractivity contribution < 1.29 is 27.2 Å². The third-order valence-electron chi connectivity index (χ3n) is 5.58. The quantitative estimate of drug-likeness (QED) is 0.336. The molecule has 5 rings (SSSR count). The van der Waals surface area contributed by atoms with Gasteiger partial charge in [-0.2, -0.15) is 5.10 Å². The minimum Gasteiger partial charge on any atom is -0.472 e. The van der Waals surface area contributed by atoms with Gasteiger partial charge in [0.15, 0.2) is 5.76 Å². The Labute approximate surface area is 215 Å². The molecule has 0 saturated carbocycles. The van der Waals surface area contributed by atoms with E-state index < -0.39 is 6.36 Å². The van der Waals surface area contributed by atoms with Crippen LogP contribution in [0.1, 0.15) is 34.0 Å². The van der Waals surface area contributed by atoms with Gasteiger partial charge in [0.1, 0.15) is 23.9 Å². The molecule has 9 nitrogen and oxygen atoms in total. The Bertz CT molecular complexity index is 1490. The van der Waals surface area contributed by atoms with E-state index in [-0.39, 0.29) is 12.4 Å². The van der Waals surface area contributed by atoms with Crippen LogP contribution in [0.5, 0.6) is 5.75 Å². The molecule has 0 atom stereocenters. The summed E-state index contributed by atoms with van der Waals surface area (Å²) < 4.78 is 54.0. The van der Waals surface area contributed by atoms with Crippen molar-refractivity contribution in [2.45, 2.75) is 33.3 Å².